The van der Waals surface area contributed by atoms with Crippen LogP contribution in [-0.2, 0) is 0 Å². The van der Waals surface area contributed by atoms with Crippen molar-refractivity contribution in [2.45, 2.75) is 11.4 Å². The number of rotatable bonds is 1. The van der Waals surface area contributed by atoms with E-state index >= 15 is 0 Å². The lowest BCUT2D eigenvalue weighted by Gasteiger charge is -2.06. The van der Waals surface area contributed by atoms with Crippen molar-refractivity contribution >= 4 is 28.2 Å². The first-order valence-electron chi connectivity index (χ1n) is 6.05. The van der Waals surface area contributed by atoms with Gasteiger partial charge in [0, 0.05) is 11.9 Å². The Morgan fingerprint density at radius 2 is 2.21 bits per heavy atom. The molecule has 1 aliphatic rings. The number of hydrogen-bond donors (Lipinski definition) is 2. The van der Waals surface area contributed by atoms with E-state index in [0.29, 0.717) is 12.4 Å². The van der Waals surface area contributed by atoms with E-state index in [0.717, 1.165) is 16.6 Å². The Hall–Kier alpha value is -1.76. The van der Waals surface area contributed by atoms with E-state index in [9.17, 15) is 0 Å². The zero-order valence-electron chi connectivity index (χ0n) is 9.92. The lowest BCUT2D eigenvalue weighted by Crippen LogP contribution is -2.25. The SMILES string of the molecule is ClC1CNNC1c1nc2c3ccccc3ncn2n1. The first-order valence-corrected chi connectivity index (χ1v) is 6.49. The number of nitrogens with one attached hydrogen (secondary N) is 2. The summed E-state index contributed by atoms with van der Waals surface area (Å²) in [6.07, 6.45) is 1.68. The molecule has 0 aliphatic carbocycles. The third-order valence-corrected chi connectivity index (χ3v) is 3.70. The number of alkyl halides is 1. The molecule has 96 valence electrons. The molecule has 0 saturated carbocycles. The number of benzene rings is 1. The van der Waals surface area contributed by atoms with Gasteiger partial charge in [-0.05, 0) is 12.1 Å². The standard InChI is InChI=1S/C12H11ClN6/c13-8-5-15-17-10(8)11-16-12-7-3-1-2-4-9(7)14-6-19(12)18-11/h1-4,6,8,10,15,17H,5H2. The molecule has 1 aliphatic heterocycles. The Kier molecular flexibility index (Phi) is 2.41. The van der Waals surface area contributed by atoms with Crippen LogP contribution in [0.25, 0.3) is 16.6 Å². The van der Waals surface area contributed by atoms with Crippen LogP contribution in [0, 0.1) is 0 Å². The van der Waals surface area contributed by atoms with Gasteiger partial charge in [0.15, 0.2) is 11.5 Å². The number of hydrazine groups is 1. The lowest BCUT2D eigenvalue weighted by molar-refractivity contribution is 0.555. The maximum Gasteiger partial charge on any atom is 0.171 e. The first-order chi connectivity index (χ1) is 9.33. The monoisotopic (exact) mass is 274 g/mol. The highest BCUT2D eigenvalue weighted by Gasteiger charge is 2.30. The smallest absolute Gasteiger partial charge is 0.171 e. The van der Waals surface area contributed by atoms with Crippen molar-refractivity contribution in [3.8, 4) is 0 Å². The quantitative estimate of drug-likeness (QED) is 0.649. The Morgan fingerprint density at radius 3 is 3.05 bits per heavy atom. The largest absolute Gasteiger partial charge is 0.256 e. The topological polar surface area (TPSA) is 67.1 Å². The lowest BCUT2D eigenvalue weighted by atomic mass is 10.2. The van der Waals surface area contributed by atoms with Crippen LogP contribution in [0.5, 0.6) is 0 Å². The van der Waals surface area contributed by atoms with Gasteiger partial charge in [-0.15, -0.1) is 16.7 Å². The maximum atomic E-state index is 6.23. The molecule has 2 atom stereocenters. The minimum atomic E-state index is -0.0830. The average molecular weight is 275 g/mol. The molecule has 0 bridgehead atoms. The first kappa shape index (κ1) is 11.1. The van der Waals surface area contributed by atoms with Crippen LogP contribution in [0.15, 0.2) is 30.6 Å². The fourth-order valence-electron chi connectivity index (χ4n) is 2.33. The molecule has 0 spiro atoms. The van der Waals surface area contributed by atoms with Gasteiger partial charge in [0.2, 0.25) is 0 Å². The van der Waals surface area contributed by atoms with E-state index in [-0.39, 0.29) is 11.4 Å². The van der Waals surface area contributed by atoms with Gasteiger partial charge in [0.1, 0.15) is 12.4 Å². The van der Waals surface area contributed by atoms with Crippen LogP contribution in [0.4, 0.5) is 0 Å². The van der Waals surface area contributed by atoms with Crippen molar-refractivity contribution in [3.63, 3.8) is 0 Å². The van der Waals surface area contributed by atoms with Crippen LogP contribution < -0.4 is 10.9 Å². The Labute approximate surface area is 113 Å². The zero-order valence-corrected chi connectivity index (χ0v) is 10.7. The molecule has 4 rings (SSSR count). The summed E-state index contributed by atoms with van der Waals surface area (Å²) in [5.74, 6) is 0.683. The minimum absolute atomic E-state index is 0.0587. The molecule has 7 heteroatoms. The highest BCUT2D eigenvalue weighted by molar-refractivity contribution is 6.21. The normalized spacial score (nSPS) is 23.4. The molecule has 19 heavy (non-hydrogen) atoms. The van der Waals surface area contributed by atoms with Crippen LogP contribution in [-0.4, -0.2) is 31.5 Å². The molecule has 3 heterocycles. The molecular weight excluding hydrogens is 264 g/mol. The number of aromatic nitrogens is 4. The van der Waals surface area contributed by atoms with Gasteiger partial charge in [-0.3, -0.25) is 5.43 Å². The highest BCUT2D eigenvalue weighted by Crippen LogP contribution is 2.23. The van der Waals surface area contributed by atoms with Gasteiger partial charge in [-0.2, -0.15) is 0 Å². The molecule has 0 radical (unpaired) electrons. The average Bonchev–Trinajstić information content (AvgIpc) is 3.04. The summed E-state index contributed by atoms with van der Waals surface area (Å²) in [4.78, 5) is 8.96. The molecule has 6 nitrogen and oxygen atoms in total. The third kappa shape index (κ3) is 1.68. The van der Waals surface area contributed by atoms with Crippen molar-refractivity contribution in [3.05, 3.63) is 36.4 Å². The van der Waals surface area contributed by atoms with E-state index in [1.54, 1.807) is 10.8 Å². The van der Waals surface area contributed by atoms with Crippen LogP contribution >= 0.6 is 11.6 Å². The highest BCUT2D eigenvalue weighted by atomic mass is 35.5. The molecule has 1 fully saturated rings. The third-order valence-electron chi connectivity index (χ3n) is 3.29. The molecule has 2 aromatic heterocycles. The molecule has 1 saturated heterocycles. The summed E-state index contributed by atoms with van der Waals surface area (Å²) >= 11 is 6.23. The number of fused-ring (bicyclic) bond motifs is 3. The zero-order chi connectivity index (χ0) is 12.8. The number of hydrogen-bond acceptors (Lipinski definition) is 5. The van der Waals surface area contributed by atoms with Gasteiger partial charge in [0.05, 0.1) is 10.9 Å². The Bertz CT molecular complexity index is 754. The van der Waals surface area contributed by atoms with Crippen molar-refractivity contribution in [1.29, 1.82) is 0 Å². The number of halogens is 1. The van der Waals surface area contributed by atoms with Gasteiger partial charge in [-0.25, -0.2) is 19.9 Å². The molecule has 2 unspecified atom stereocenters. The molecule has 2 N–H and O–H groups in total. The second kappa shape index (κ2) is 4.12. The summed E-state index contributed by atoms with van der Waals surface area (Å²) < 4.78 is 1.70. The van der Waals surface area contributed by atoms with Crippen molar-refractivity contribution in [1.82, 2.24) is 30.4 Å². The summed E-state index contributed by atoms with van der Waals surface area (Å²) in [5.41, 5.74) is 7.82. The van der Waals surface area contributed by atoms with Gasteiger partial charge in [0.25, 0.3) is 0 Å². The predicted octanol–water partition coefficient (Wildman–Crippen LogP) is 1.03. The van der Waals surface area contributed by atoms with E-state index in [1.807, 2.05) is 24.3 Å². The maximum absolute atomic E-state index is 6.23. The van der Waals surface area contributed by atoms with Gasteiger partial charge < -0.3 is 0 Å². The number of nitrogens with zero attached hydrogens (tertiary/aromatic N) is 4. The molecule has 1 aromatic carbocycles. The van der Waals surface area contributed by atoms with Gasteiger partial charge >= 0.3 is 0 Å². The second-order valence-electron chi connectivity index (χ2n) is 4.52. The van der Waals surface area contributed by atoms with E-state index < -0.39 is 0 Å². The van der Waals surface area contributed by atoms with Crippen LogP contribution in [0.2, 0.25) is 0 Å². The summed E-state index contributed by atoms with van der Waals surface area (Å²) in [5, 5.41) is 5.38. The van der Waals surface area contributed by atoms with E-state index in [2.05, 4.69) is 25.9 Å². The van der Waals surface area contributed by atoms with E-state index in [1.165, 1.54) is 0 Å². The molecule has 0 amide bonds. The summed E-state index contributed by atoms with van der Waals surface area (Å²) in [6, 6.07) is 7.80. The van der Waals surface area contributed by atoms with Crippen molar-refractivity contribution < 1.29 is 0 Å². The second-order valence-corrected chi connectivity index (χ2v) is 5.08. The Morgan fingerprint density at radius 1 is 1.32 bits per heavy atom. The molecular formula is C12H11ClN6. The fraction of sp³-hybridized carbons (Fsp3) is 0.250. The number of para-hydroxylation sites is 1. The minimum Gasteiger partial charge on any atom is -0.256 e. The fourth-order valence-corrected chi connectivity index (χ4v) is 2.58. The summed E-state index contributed by atoms with van der Waals surface area (Å²) in [6.45, 7) is 0.695. The van der Waals surface area contributed by atoms with Crippen molar-refractivity contribution in [2.75, 3.05) is 6.54 Å². The van der Waals surface area contributed by atoms with Crippen molar-refractivity contribution in [2.24, 2.45) is 0 Å². The predicted molar refractivity (Wildman–Crippen MR) is 71.8 cm³/mol. The van der Waals surface area contributed by atoms with Crippen LogP contribution in [0.3, 0.4) is 0 Å². The Balaban J connectivity index is 1.93. The molecule has 3 aromatic rings. The van der Waals surface area contributed by atoms with Gasteiger partial charge in [-0.1, -0.05) is 12.1 Å². The van der Waals surface area contributed by atoms with Crippen LogP contribution in [0.1, 0.15) is 11.9 Å². The summed E-state index contributed by atoms with van der Waals surface area (Å²) in [7, 11) is 0. The van der Waals surface area contributed by atoms with E-state index in [4.69, 9.17) is 11.6 Å².